The van der Waals surface area contributed by atoms with Crippen molar-refractivity contribution >= 4 is 39.5 Å². The lowest BCUT2D eigenvalue weighted by Crippen LogP contribution is -2.05. The molecule has 0 bridgehead atoms. The summed E-state index contributed by atoms with van der Waals surface area (Å²) in [5.41, 5.74) is 7.31. The third kappa shape index (κ3) is 2.91. The van der Waals surface area contributed by atoms with Gasteiger partial charge < -0.3 is 21.1 Å². The van der Waals surface area contributed by atoms with Crippen LogP contribution in [-0.4, -0.2) is 22.1 Å². The number of nitrogen functional groups attached to an aromatic ring is 1. The van der Waals surface area contributed by atoms with E-state index in [0.29, 0.717) is 28.2 Å². The zero-order valence-electron chi connectivity index (χ0n) is 11.8. The van der Waals surface area contributed by atoms with Gasteiger partial charge in [0.05, 0.1) is 12.8 Å². The zero-order valence-corrected chi connectivity index (χ0v) is 12.6. The Labute approximate surface area is 131 Å². The average molecular weight is 314 g/mol. The SMILES string of the molecule is COc1ccccc1Nc1ncnc(Nc2nccs2)c1N. The number of benzene rings is 1. The minimum Gasteiger partial charge on any atom is -0.495 e. The van der Waals surface area contributed by atoms with Gasteiger partial charge in [-0.1, -0.05) is 12.1 Å². The second kappa shape index (κ2) is 6.27. The van der Waals surface area contributed by atoms with E-state index in [2.05, 4.69) is 25.6 Å². The van der Waals surface area contributed by atoms with Gasteiger partial charge in [0.15, 0.2) is 16.8 Å². The van der Waals surface area contributed by atoms with Gasteiger partial charge >= 0.3 is 0 Å². The first-order valence-corrected chi connectivity index (χ1v) is 7.33. The Morgan fingerprint density at radius 3 is 2.59 bits per heavy atom. The van der Waals surface area contributed by atoms with Crippen LogP contribution in [0.15, 0.2) is 42.2 Å². The second-order valence-electron chi connectivity index (χ2n) is 4.27. The number of methoxy groups -OCH3 is 1. The van der Waals surface area contributed by atoms with Gasteiger partial charge in [-0.25, -0.2) is 15.0 Å². The Hall–Kier alpha value is -2.87. The van der Waals surface area contributed by atoms with Crippen LogP contribution in [-0.2, 0) is 0 Å². The molecular formula is C14H14N6OS. The molecule has 0 aliphatic heterocycles. The molecule has 0 spiro atoms. The van der Waals surface area contributed by atoms with E-state index in [-0.39, 0.29) is 0 Å². The van der Waals surface area contributed by atoms with Crippen molar-refractivity contribution in [1.29, 1.82) is 0 Å². The maximum Gasteiger partial charge on any atom is 0.188 e. The number of aromatic nitrogens is 3. The van der Waals surface area contributed by atoms with E-state index < -0.39 is 0 Å². The van der Waals surface area contributed by atoms with E-state index in [1.165, 1.54) is 17.7 Å². The largest absolute Gasteiger partial charge is 0.495 e. The fourth-order valence-corrected chi connectivity index (χ4v) is 2.38. The Balaban J connectivity index is 1.88. The summed E-state index contributed by atoms with van der Waals surface area (Å²) < 4.78 is 5.30. The van der Waals surface area contributed by atoms with Gasteiger partial charge in [-0.3, -0.25) is 0 Å². The monoisotopic (exact) mass is 314 g/mol. The number of ether oxygens (including phenoxy) is 1. The molecule has 112 valence electrons. The van der Waals surface area contributed by atoms with Gasteiger partial charge in [-0.15, -0.1) is 11.3 Å². The molecule has 0 saturated heterocycles. The third-order valence-electron chi connectivity index (χ3n) is 2.90. The van der Waals surface area contributed by atoms with E-state index in [9.17, 15) is 0 Å². The summed E-state index contributed by atoms with van der Waals surface area (Å²) in [4.78, 5) is 12.5. The van der Waals surface area contributed by atoms with Crippen LogP contribution < -0.4 is 21.1 Å². The fourth-order valence-electron chi connectivity index (χ4n) is 1.86. The molecule has 0 saturated carbocycles. The van der Waals surface area contributed by atoms with Crippen LogP contribution in [0.25, 0.3) is 0 Å². The molecule has 22 heavy (non-hydrogen) atoms. The Morgan fingerprint density at radius 2 is 1.86 bits per heavy atom. The van der Waals surface area contributed by atoms with Crippen molar-refractivity contribution in [2.45, 2.75) is 0 Å². The lowest BCUT2D eigenvalue weighted by atomic mass is 10.3. The summed E-state index contributed by atoms with van der Waals surface area (Å²) in [6, 6.07) is 7.53. The van der Waals surface area contributed by atoms with Crippen molar-refractivity contribution in [2.75, 3.05) is 23.5 Å². The summed E-state index contributed by atoms with van der Waals surface area (Å²) in [7, 11) is 1.61. The maximum absolute atomic E-state index is 6.13. The number of anilines is 5. The van der Waals surface area contributed by atoms with Gasteiger partial charge in [-0.2, -0.15) is 0 Å². The molecule has 0 atom stereocenters. The van der Waals surface area contributed by atoms with Gasteiger partial charge in [0.1, 0.15) is 17.8 Å². The normalized spacial score (nSPS) is 10.2. The summed E-state index contributed by atoms with van der Waals surface area (Å²) in [6.07, 6.45) is 3.14. The van der Waals surface area contributed by atoms with Crippen LogP contribution in [0.4, 0.5) is 28.1 Å². The van der Waals surface area contributed by atoms with E-state index in [1.54, 1.807) is 13.3 Å². The fraction of sp³-hybridized carbons (Fsp3) is 0.0714. The molecule has 8 heteroatoms. The van der Waals surface area contributed by atoms with E-state index in [4.69, 9.17) is 10.5 Å². The molecule has 4 N–H and O–H groups in total. The summed E-state index contributed by atoms with van der Waals surface area (Å²) >= 11 is 1.46. The first-order valence-electron chi connectivity index (χ1n) is 6.45. The summed E-state index contributed by atoms with van der Waals surface area (Å²) in [5.74, 6) is 1.70. The number of nitrogens with one attached hydrogen (secondary N) is 2. The molecule has 3 rings (SSSR count). The molecule has 2 heterocycles. The highest BCUT2D eigenvalue weighted by Gasteiger charge is 2.11. The van der Waals surface area contributed by atoms with Crippen LogP contribution in [0.5, 0.6) is 5.75 Å². The van der Waals surface area contributed by atoms with Gasteiger partial charge in [0.2, 0.25) is 0 Å². The number of hydrogen-bond donors (Lipinski definition) is 3. The number of para-hydroxylation sites is 2. The van der Waals surface area contributed by atoms with Crippen LogP contribution in [0, 0.1) is 0 Å². The minimum absolute atomic E-state index is 0.406. The van der Waals surface area contributed by atoms with Gasteiger partial charge in [0.25, 0.3) is 0 Å². The van der Waals surface area contributed by atoms with Crippen molar-refractivity contribution in [1.82, 2.24) is 15.0 Å². The van der Waals surface area contributed by atoms with Gasteiger partial charge in [0, 0.05) is 11.6 Å². The first kappa shape index (κ1) is 14.1. The van der Waals surface area contributed by atoms with Crippen molar-refractivity contribution in [3.05, 3.63) is 42.2 Å². The molecule has 0 amide bonds. The van der Waals surface area contributed by atoms with Crippen molar-refractivity contribution < 1.29 is 4.74 Å². The van der Waals surface area contributed by atoms with Crippen LogP contribution in [0.3, 0.4) is 0 Å². The highest BCUT2D eigenvalue weighted by Crippen LogP contribution is 2.31. The average Bonchev–Trinajstić information content (AvgIpc) is 3.05. The lowest BCUT2D eigenvalue weighted by molar-refractivity contribution is 0.417. The van der Waals surface area contributed by atoms with Crippen molar-refractivity contribution in [3.63, 3.8) is 0 Å². The highest BCUT2D eigenvalue weighted by molar-refractivity contribution is 7.13. The standard InChI is InChI=1S/C14H14N6OS/c1-21-10-5-3-2-4-9(10)19-12-11(15)13(18-8-17-12)20-14-16-6-7-22-14/h2-8H,15H2,1H3,(H2,16,17,18,19,20). The Kier molecular flexibility index (Phi) is 4.01. The van der Waals surface area contributed by atoms with Crippen LogP contribution in [0.2, 0.25) is 0 Å². The highest BCUT2D eigenvalue weighted by atomic mass is 32.1. The second-order valence-corrected chi connectivity index (χ2v) is 5.17. The molecule has 0 fully saturated rings. The topological polar surface area (TPSA) is 98.0 Å². The lowest BCUT2D eigenvalue weighted by Gasteiger charge is -2.13. The molecule has 0 radical (unpaired) electrons. The number of thiazole rings is 1. The molecule has 1 aromatic carbocycles. The smallest absolute Gasteiger partial charge is 0.188 e. The minimum atomic E-state index is 0.406. The summed E-state index contributed by atoms with van der Waals surface area (Å²) in [5, 5.41) is 8.81. The Bertz CT molecular complexity index is 762. The number of rotatable bonds is 5. The van der Waals surface area contributed by atoms with E-state index in [0.717, 1.165) is 5.69 Å². The predicted molar refractivity (Wildman–Crippen MR) is 88.1 cm³/mol. The molecule has 0 unspecified atom stereocenters. The van der Waals surface area contributed by atoms with Crippen LogP contribution >= 0.6 is 11.3 Å². The molecular weight excluding hydrogens is 300 g/mol. The third-order valence-corrected chi connectivity index (χ3v) is 3.59. The van der Waals surface area contributed by atoms with E-state index >= 15 is 0 Å². The number of hydrogen-bond acceptors (Lipinski definition) is 8. The number of nitrogens with zero attached hydrogens (tertiary/aromatic N) is 3. The first-order chi connectivity index (χ1) is 10.8. The number of nitrogens with two attached hydrogens (primary N) is 1. The summed E-state index contributed by atoms with van der Waals surface area (Å²) in [6.45, 7) is 0. The van der Waals surface area contributed by atoms with Crippen molar-refractivity contribution in [3.8, 4) is 5.75 Å². The van der Waals surface area contributed by atoms with Crippen LogP contribution in [0.1, 0.15) is 0 Å². The molecule has 7 nitrogen and oxygen atoms in total. The predicted octanol–water partition coefficient (Wildman–Crippen LogP) is 3.01. The zero-order chi connectivity index (χ0) is 15.4. The molecule has 2 aromatic heterocycles. The molecule has 0 aliphatic rings. The molecule has 3 aromatic rings. The molecule has 0 aliphatic carbocycles. The quantitative estimate of drug-likeness (QED) is 0.666. The Morgan fingerprint density at radius 1 is 1.09 bits per heavy atom. The van der Waals surface area contributed by atoms with E-state index in [1.807, 2.05) is 29.6 Å². The van der Waals surface area contributed by atoms with Crippen molar-refractivity contribution in [2.24, 2.45) is 0 Å². The van der Waals surface area contributed by atoms with Gasteiger partial charge in [-0.05, 0) is 12.1 Å². The maximum atomic E-state index is 6.13.